The molecule has 0 bridgehead atoms. The van der Waals surface area contributed by atoms with Crippen molar-refractivity contribution in [3.63, 3.8) is 0 Å². The lowest BCUT2D eigenvalue weighted by atomic mass is 9.77. The third-order valence-electron chi connectivity index (χ3n) is 12.7. The first-order valence-electron chi connectivity index (χ1n) is 26.7. The predicted octanol–water partition coefficient (Wildman–Crippen LogP) is 15.9. The van der Waals surface area contributed by atoms with Crippen molar-refractivity contribution < 1.29 is 38.0 Å². The summed E-state index contributed by atoms with van der Waals surface area (Å²) in [4.78, 5) is 25.8. The van der Waals surface area contributed by atoms with Crippen molar-refractivity contribution in [2.75, 3.05) is 39.6 Å². The molecule has 0 aromatic carbocycles. The monoisotopic (exact) mass is 869 g/mol. The molecule has 0 fully saturated rings. The van der Waals surface area contributed by atoms with Gasteiger partial charge in [0, 0.05) is 39.3 Å². The highest BCUT2D eigenvalue weighted by molar-refractivity contribution is 5.69. The molecule has 0 rings (SSSR count). The Kier molecular flexibility index (Phi) is 45.8. The maximum absolute atomic E-state index is 12.9. The molecule has 61 heavy (non-hydrogen) atoms. The SMILES string of the molecule is CCCCCCCCCOC(CCC(=O)OCCC(CC)(CC)CCOC(=O)CCC(OCCCCCCCCC)OCCCCCCCCC)OCCCCCCCCC. The molecule has 364 valence electrons. The Balaban J connectivity index is 4.75. The third-order valence-corrected chi connectivity index (χ3v) is 12.7. The number of ether oxygens (including phenoxy) is 6. The molecule has 8 nitrogen and oxygen atoms in total. The number of rotatable bonds is 50. The molecule has 0 saturated heterocycles. The van der Waals surface area contributed by atoms with Crippen LogP contribution in [0.1, 0.15) is 273 Å². The van der Waals surface area contributed by atoms with Gasteiger partial charge < -0.3 is 28.4 Å². The fourth-order valence-corrected chi connectivity index (χ4v) is 7.99. The van der Waals surface area contributed by atoms with Crippen molar-refractivity contribution in [1.82, 2.24) is 0 Å². The van der Waals surface area contributed by atoms with E-state index in [4.69, 9.17) is 28.4 Å². The van der Waals surface area contributed by atoms with Crippen molar-refractivity contribution in [1.29, 1.82) is 0 Å². The third kappa shape index (κ3) is 40.1. The highest BCUT2D eigenvalue weighted by Crippen LogP contribution is 2.35. The summed E-state index contributed by atoms with van der Waals surface area (Å²) in [5.74, 6) is -0.399. The van der Waals surface area contributed by atoms with Crippen LogP contribution in [0.3, 0.4) is 0 Å². The second-order valence-corrected chi connectivity index (χ2v) is 18.1. The van der Waals surface area contributed by atoms with E-state index in [9.17, 15) is 9.59 Å². The molecule has 0 aliphatic rings. The topological polar surface area (TPSA) is 89.5 Å². The van der Waals surface area contributed by atoms with Gasteiger partial charge in [0.05, 0.1) is 26.1 Å². The number of hydrogen-bond acceptors (Lipinski definition) is 8. The molecule has 0 N–H and O–H groups in total. The molecule has 0 atom stereocenters. The van der Waals surface area contributed by atoms with Crippen molar-refractivity contribution in [3.8, 4) is 0 Å². The standard InChI is InChI=1S/C53H104O8/c1-7-13-17-21-25-29-33-43-58-51(59-44-34-30-26-22-18-14-8-2)39-37-49(54)56-47-41-53(11-5,12-6)42-48-57-50(55)38-40-52(60-45-35-31-27-23-19-15-9-3)61-46-36-32-28-24-20-16-10-4/h51-52H,7-48H2,1-6H3. The number of hydrogen-bond donors (Lipinski definition) is 0. The molecule has 0 spiro atoms. The van der Waals surface area contributed by atoms with Gasteiger partial charge in [-0.05, 0) is 43.9 Å². The summed E-state index contributed by atoms with van der Waals surface area (Å²) in [5.41, 5.74) is -0.0514. The number of unbranched alkanes of at least 4 members (excludes halogenated alkanes) is 24. The van der Waals surface area contributed by atoms with Crippen LogP contribution in [0.15, 0.2) is 0 Å². The molecule has 0 aromatic heterocycles. The van der Waals surface area contributed by atoms with Crippen molar-refractivity contribution in [3.05, 3.63) is 0 Å². The fourth-order valence-electron chi connectivity index (χ4n) is 7.99. The summed E-state index contributed by atoms with van der Waals surface area (Å²) in [6.45, 7) is 16.8. The number of carbonyl (C=O) groups is 2. The normalized spacial score (nSPS) is 11.9. The molecular formula is C53H104O8. The first kappa shape index (κ1) is 59.8. The Morgan fingerprint density at radius 1 is 0.344 bits per heavy atom. The Morgan fingerprint density at radius 2 is 0.590 bits per heavy atom. The Bertz CT molecular complexity index is 801. The minimum absolute atomic E-state index is 0.0514. The van der Waals surface area contributed by atoms with Crippen LogP contribution < -0.4 is 0 Å². The first-order valence-corrected chi connectivity index (χ1v) is 26.7. The van der Waals surface area contributed by atoms with Crippen LogP contribution in [-0.2, 0) is 38.0 Å². The molecule has 0 aromatic rings. The van der Waals surface area contributed by atoms with Gasteiger partial charge in [0.2, 0.25) is 0 Å². The maximum Gasteiger partial charge on any atom is 0.305 e. The summed E-state index contributed by atoms with van der Waals surface area (Å²) in [5, 5.41) is 0. The van der Waals surface area contributed by atoms with Gasteiger partial charge >= 0.3 is 11.9 Å². The van der Waals surface area contributed by atoms with Crippen molar-refractivity contribution >= 4 is 11.9 Å². The minimum atomic E-state index is -0.364. The lowest BCUT2D eigenvalue weighted by Gasteiger charge is -2.31. The van der Waals surface area contributed by atoms with Gasteiger partial charge in [-0.15, -0.1) is 0 Å². The van der Waals surface area contributed by atoms with E-state index >= 15 is 0 Å². The van der Waals surface area contributed by atoms with Crippen molar-refractivity contribution in [2.45, 2.75) is 285 Å². The summed E-state index contributed by atoms with van der Waals surface area (Å²) in [6, 6.07) is 0. The van der Waals surface area contributed by atoms with Crippen LogP contribution in [0, 0.1) is 5.41 Å². The van der Waals surface area contributed by atoms with Crippen LogP contribution in [0.5, 0.6) is 0 Å². The Hall–Kier alpha value is -1.22. The summed E-state index contributed by atoms with van der Waals surface area (Å²) < 4.78 is 36.2. The molecule has 0 heterocycles. The molecule has 0 aliphatic carbocycles. The van der Waals surface area contributed by atoms with Crippen LogP contribution in [-0.4, -0.2) is 64.2 Å². The zero-order valence-electron chi connectivity index (χ0n) is 41.6. The van der Waals surface area contributed by atoms with E-state index in [1.165, 1.54) is 154 Å². The zero-order valence-corrected chi connectivity index (χ0v) is 41.6. The Labute approximate surface area is 379 Å². The highest BCUT2D eigenvalue weighted by Gasteiger charge is 2.27. The quantitative estimate of drug-likeness (QED) is 0.0339. The van der Waals surface area contributed by atoms with E-state index in [-0.39, 0.29) is 42.8 Å². The van der Waals surface area contributed by atoms with E-state index < -0.39 is 0 Å². The summed E-state index contributed by atoms with van der Waals surface area (Å²) in [6.07, 6.45) is 38.9. The van der Waals surface area contributed by atoms with E-state index in [1.54, 1.807) is 0 Å². The molecule has 0 amide bonds. The zero-order chi connectivity index (χ0) is 44.8. The second kappa shape index (κ2) is 46.8. The molecule has 0 radical (unpaired) electrons. The van der Waals surface area contributed by atoms with Gasteiger partial charge in [0.15, 0.2) is 12.6 Å². The van der Waals surface area contributed by atoms with Gasteiger partial charge in [0.1, 0.15) is 0 Å². The lowest BCUT2D eigenvalue weighted by molar-refractivity contribution is -0.160. The van der Waals surface area contributed by atoms with Gasteiger partial charge in [-0.25, -0.2) is 0 Å². The van der Waals surface area contributed by atoms with Crippen LogP contribution in [0.2, 0.25) is 0 Å². The maximum atomic E-state index is 12.9. The smallest absolute Gasteiger partial charge is 0.305 e. The first-order chi connectivity index (χ1) is 29.9. The fraction of sp³-hybridized carbons (Fsp3) is 0.962. The largest absolute Gasteiger partial charge is 0.466 e. The van der Waals surface area contributed by atoms with E-state index in [2.05, 4.69) is 41.5 Å². The van der Waals surface area contributed by atoms with E-state index in [0.717, 1.165) is 51.4 Å². The highest BCUT2D eigenvalue weighted by atomic mass is 16.7. The number of esters is 2. The second-order valence-electron chi connectivity index (χ2n) is 18.1. The molecule has 0 saturated carbocycles. The molecular weight excluding hydrogens is 765 g/mol. The predicted molar refractivity (Wildman–Crippen MR) is 256 cm³/mol. The van der Waals surface area contributed by atoms with Crippen molar-refractivity contribution in [2.24, 2.45) is 5.41 Å². The van der Waals surface area contributed by atoms with E-state index in [1.807, 2.05) is 0 Å². The molecule has 0 aliphatic heterocycles. The molecule has 0 unspecified atom stereocenters. The summed E-state index contributed by atoms with van der Waals surface area (Å²) in [7, 11) is 0. The van der Waals surface area contributed by atoms with Gasteiger partial charge in [-0.3, -0.25) is 9.59 Å². The summed E-state index contributed by atoms with van der Waals surface area (Å²) >= 11 is 0. The average molecular weight is 869 g/mol. The van der Waals surface area contributed by atoms with Crippen LogP contribution in [0.25, 0.3) is 0 Å². The minimum Gasteiger partial charge on any atom is -0.466 e. The van der Waals surface area contributed by atoms with E-state index in [0.29, 0.717) is 52.5 Å². The lowest BCUT2D eigenvalue weighted by Crippen LogP contribution is -2.26. The van der Waals surface area contributed by atoms with Gasteiger partial charge in [-0.1, -0.05) is 208 Å². The van der Waals surface area contributed by atoms with Gasteiger partial charge in [-0.2, -0.15) is 0 Å². The average Bonchev–Trinajstić information content (AvgIpc) is 3.27. The van der Waals surface area contributed by atoms with Crippen LogP contribution >= 0.6 is 0 Å². The number of carbonyl (C=O) groups excluding carboxylic acids is 2. The van der Waals surface area contributed by atoms with Gasteiger partial charge in [0.25, 0.3) is 0 Å². The molecule has 8 heteroatoms. The Morgan fingerprint density at radius 3 is 0.836 bits per heavy atom. The van der Waals surface area contributed by atoms with Crippen LogP contribution in [0.4, 0.5) is 0 Å².